The van der Waals surface area contributed by atoms with E-state index in [4.69, 9.17) is 9.15 Å². The van der Waals surface area contributed by atoms with Gasteiger partial charge in [-0.25, -0.2) is 0 Å². The number of amides is 1. The van der Waals surface area contributed by atoms with Crippen molar-refractivity contribution in [2.45, 2.75) is 25.7 Å². The van der Waals surface area contributed by atoms with Crippen LogP contribution in [0, 0.1) is 6.92 Å². The molecular formula is C22H23N3O4. The Morgan fingerprint density at radius 1 is 1.31 bits per heavy atom. The van der Waals surface area contributed by atoms with Gasteiger partial charge in [0.25, 0.3) is 5.91 Å². The topological polar surface area (TPSA) is 88.4 Å². The number of aromatic nitrogens is 2. The van der Waals surface area contributed by atoms with Crippen LogP contribution >= 0.6 is 0 Å². The summed E-state index contributed by atoms with van der Waals surface area (Å²) in [6, 6.07) is 9.52. The summed E-state index contributed by atoms with van der Waals surface area (Å²) in [6.07, 6.45) is 4.84. The molecule has 1 atom stereocenters. The second-order valence-electron chi connectivity index (χ2n) is 7.33. The van der Waals surface area contributed by atoms with Gasteiger partial charge < -0.3 is 14.1 Å². The number of H-pyrrole nitrogens is 1. The summed E-state index contributed by atoms with van der Waals surface area (Å²) in [5.41, 5.74) is 4.02. The van der Waals surface area contributed by atoms with Crippen LogP contribution < -0.4 is 10.2 Å². The highest BCUT2D eigenvalue weighted by molar-refractivity contribution is 5.91. The number of ether oxygens (including phenoxy) is 1. The molecule has 0 bridgehead atoms. The number of piperidine rings is 1. The number of aromatic amines is 1. The first-order valence-corrected chi connectivity index (χ1v) is 9.63. The third kappa shape index (κ3) is 3.81. The van der Waals surface area contributed by atoms with Crippen LogP contribution in [0.1, 0.15) is 40.6 Å². The molecule has 1 saturated heterocycles. The third-order valence-corrected chi connectivity index (χ3v) is 5.38. The summed E-state index contributed by atoms with van der Waals surface area (Å²) in [5, 5.41) is 7.39. The van der Waals surface area contributed by atoms with Gasteiger partial charge in [0.2, 0.25) is 11.2 Å². The molecule has 0 unspecified atom stereocenters. The summed E-state index contributed by atoms with van der Waals surface area (Å²) < 4.78 is 10.3. The summed E-state index contributed by atoms with van der Waals surface area (Å²) in [4.78, 5) is 26.6. The summed E-state index contributed by atoms with van der Waals surface area (Å²) >= 11 is 0. The number of methoxy groups -OCH3 is 1. The lowest BCUT2D eigenvalue weighted by molar-refractivity contribution is 0.0670. The first kappa shape index (κ1) is 19.0. The maximum absolute atomic E-state index is 12.9. The number of carbonyl (C=O) groups is 1. The molecule has 3 heterocycles. The molecule has 0 saturated carbocycles. The first-order chi connectivity index (χ1) is 14.1. The molecule has 1 N–H and O–H groups in total. The second kappa shape index (κ2) is 7.95. The number of nitrogens with zero attached hydrogens (tertiary/aromatic N) is 2. The van der Waals surface area contributed by atoms with Crippen molar-refractivity contribution in [2.75, 3.05) is 20.2 Å². The molecule has 0 radical (unpaired) electrons. The smallest absolute Gasteiger partial charge is 0.289 e. The maximum Gasteiger partial charge on any atom is 0.289 e. The monoisotopic (exact) mass is 393 g/mol. The predicted octanol–water partition coefficient (Wildman–Crippen LogP) is 3.37. The molecule has 0 spiro atoms. The Balaban J connectivity index is 1.56. The molecule has 0 aliphatic carbocycles. The Morgan fingerprint density at radius 2 is 2.10 bits per heavy atom. The average molecular weight is 393 g/mol. The van der Waals surface area contributed by atoms with E-state index >= 15 is 0 Å². The van der Waals surface area contributed by atoms with Crippen molar-refractivity contribution in [1.29, 1.82) is 0 Å². The van der Waals surface area contributed by atoms with E-state index in [-0.39, 0.29) is 28.8 Å². The number of benzene rings is 1. The molecule has 7 heteroatoms. The fourth-order valence-electron chi connectivity index (χ4n) is 3.78. The number of carbonyl (C=O) groups excluding carboxylic acids is 1. The first-order valence-electron chi connectivity index (χ1n) is 9.63. The zero-order chi connectivity index (χ0) is 20.4. The second-order valence-corrected chi connectivity index (χ2v) is 7.33. The van der Waals surface area contributed by atoms with Crippen molar-refractivity contribution in [3.8, 4) is 16.9 Å². The van der Waals surface area contributed by atoms with Crippen molar-refractivity contribution in [3.05, 3.63) is 70.0 Å². The van der Waals surface area contributed by atoms with Crippen molar-refractivity contribution in [3.63, 3.8) is 0 Å². The quantitative estimate of drug-likeness (QED) is 0.734. The van der Waals surface area contributed by atoms with Crippen LogP contribution in [0.15, 0.2) is 52.0 Å². The zero-order valence-electron chi connectivity index (χ0n) is 16.5. The number of aryl methyl sites for hydroxylation is 1. The highest BCUT2D eigenvalue weighted by Gasteiger charge is 2.29. The summed E-state index contributed by atoms with van der Waals surface area (Å²) in [7, 11) is 1.39. The Kier molecular flexibility index (Phi) is 5.20. The van der Waals surface area contributed by atoms with Gasteiger partial charge in [-0.2, -0.15) is 5.10 Å². The van der Waals surface area contributed by atoms with Gasteiger partial charge in [-0.1, -0.05) is 29.8 Å². The number of hydrogen-bond acceptors (Lipinski definition) is 5. The van der Waals surface area contributed by atoms with Crippen molar-refractivity contribution < 1.29 is 13.9 Å². The van der Waals surface area contributed by atoms with Crippen LogP contribution in [0.5, 0.6) is 5.75 Å². The Hall–Kier alpha value is -3.35. The molecular weight excluding hydrogens is 370 g/mol. The van der Waals surface area contributed by atoms with Crippen LogP contribution in [0.4, 0.5) is 0 Å². The highest BCUT2D eigenvalue weighted by atomic mass is 16.5. The van der Waals surface area contributed by atoms with Gasteiger partial charge in [0.1, 0.15) is 6.26 Å². The highest BCUT2D eigenvalue weighted by Crippen LogP contribution is 2.33. The minimum Gasteiger partial charge on any atom is -0.490 e. The van der Waals surface area contributed by atoms with Crippen LogP contribution in [0.25, 0.3) is 11.1 Å². The van der Waals surface area contributed by atoms with Gasteiger partial charge in [-0.3, -0.25) is 14.7 Å². The molecule has 1 aliphatic heterocycles. The van der Waals surface area contributed by atoms with Gasteiger partial charge in [-0.05, 0) is 25.3 Å². The standard InChI is InChI=1S/C22H23N3O4/c1-14-5-7-15(8-6-14)17-11-23-24-21(17)16-4-3-9-25(12-16)22(27)19-10-18(26)20(28-2)13-29-19/h5-8,10-11,13,16H,3-4,9,12H2,1-2H3,(H,23,24)/t16-/m0/s1. The maximum atomic E-state index is 12.9. The minimum absolute atomic E-state index is 0.0276. The molecule has 150 valence electrons. The number of nitrogens with one attached hydrogen (secondary N) is 1. The van der Waals surface area contributed by atoms with E-state index in [1.165, 1.54) is 25.0 Å². The molecule has 1 aromatic carbocycles. The molecule has 2 aromatic heterocycles. The lowest BCUT2D eigenvalue weighted by atomic mass is 9.90. The van der Waals surface area contributed by atoms with E-state index < -0.39 is 0 Å². The lowest BCUT2D eigenvalue weighted by Gasteiger charge is -2.32. The van der Waals surface area contributed by atoms with E-state index in [9.17, 15) is 9.59 Å². The number of likely N-dealkylation sites (tertiary alicyclic amines) is 1. The Morgan fingerprint density at radius 3 is 2.83 bits per heavy atom. The fourth-order valence-corrected chi connectivity index (χ4v) is 3.78. The van der Waals surface area contributed by atoms with E-state index in [1.807, 2.05) is 6.20 Å². The van der Waals surface area contributed by atoms with Gasteiger partial charge in [0, 0.05) is 36.3 Å². The predicted molar refractivity (Wildman–Crippen MR) is 108 cm³/mol. The van der Waals surface area contributed by atoms with Crippen molar-refractivity contribution in [1.82, 2.24) is 15.1 Å². The van der Waals surface area contributed by atoms with Crippen molar-refractivity contribution in [2.24, 2.45) is 0 Å². The van der Waals surface area contributed by atoms with Crippen molar-refractivity contribution >= 4 is 5.91 Å². The number of rotatable bonds is 4. The average Bonchev–Trinajstić information content (AvgIpc) is 3.24. The van der Waals surface area contributed by atoms with Crippen LogP contribution in [0.3, 0.4) is 0 Å². The van der Waals surface area contributed by atoms with Gasteiger partial charge >= 0.3 is 0 Å². The third-order valence-electron chi connectivity index (χ3n) is 5.38. The van der Waals surface area contributed by atoms with E-state index in [0.29, 0.717) is 13.1 Å². The van der Waals surface area contributed by atoms with Gasteiger partial charge in [0.05, 0.1) is 13.3 Å². The largest absolute Gasteiger partial charge is 0.490 e. The molecule has 3 aromatic rings. The zero-order valence-corrected chi connectivity index (χ0v) is 16.5. The van der Waals surface area contributed by atoms with E-state index in [2.05, 4.69) is 41.4 Å². The summed E-state index contributed by atoms with van der Waals surface area (Å²) in [6.45, 7) is 3.22. The Labute approximate surface area is 168 Å². The van der Waals surface area contributed by atoms with E-state index in [0.717, 1.165) is 29.7 Å². The van der Waals surface area contributed by atoms with Crippen LogP contribution in [-0.4, -0.2) is 41.2 Å². The molecule has 7 nitrogen and oxygen atoms in total. The molecule has 1 aliphatic rings. The van der Waals surface area contributed by atoms with E-state index in [1.54, 1.807) is 4.90 Å². The molecule has 1 amide bonds. The number of hydrogen-bond donors (Lipinski definition) is 1. The minimum atomic E-state index is -0.370. The van der Waals surface area contributed by atoms with Crippen LogP contribution in [-0.2, 0) is 0 Å². The molecule has 29 heavy (non-hydrogen) atoms. The van der Waals surface area contributed by atoms with Gasteiger partial charge in [0.15, 0.2) is 5.76 Å². The fraction of sp³-hybridized carbons (Fsp3) is 0.318. The lowest BCUT2D eigenvalue weighted by Crippen LogP contribution is -2.39. The van der Waals surface area contributed by atoms with Gasteiger partial charge in [-0.15, -0.1) is 0 Å². The molecule has 1 fully saturated rings. The Bertz CT molecular complexity index is 1070. The van der Waals surface area contributed by atoms with Crippen LogP contribution in [0.2, 0.25) is 0 Å². The SMILES string of the molecule is COc1coc(C(=O)N2CCC[C@H](c3[nH]ncc3-c3ccc(C)cc3)C2)cc1=O. The summed E-state index contributed by atoms with van der Waals surface area (Å²) in [5.74, 6) is -0.0413. The molecule has 4 rings (SSSR count). The normalized spacial score (nSPS) is 16.6.